The number of rotatable bonds is 7. The Bertz CT molecular complexity index is 999. The second-order valence-electron chi connectivity index (χ2n) is 6.85. The van der Waals surface area contributed by atoms with E-state index in [9.17, 15) is 24.5 Å². The molecule has 10 heteroatoms. The normalized spacial score (nSPS) is 12.9. The predicted octanol–water partition coefficient (Wildman–Crippen LogP) is 2.78. The average Bonchev–Trinajstić information content (AvgIpc) is 3.31. The molecule has 162 valence electrons. The first-order valence-electron chi connectivity index (χ1n) is 9.58. The zero-order chi connectivity index (χ0) is 22.4. The Kier molecular flexibility index (Phi) is 6.81. The van der Waals surface area contributed by atoms with E-state index in [0.717, 1.165) is 25.9 Å². The number of anilines is 2. The second-order valence-corrected chi connectivity index (χ2v) is 6.85. The summed E-state index contributed by atoms with van der Waals surface area (Å²) in [5.74, 6) is -1.91. The van der Waals surface area contributed by atoms with Crippen LogP contribution >= 0.6 is 0 Å². The van der Waals surface area contributed by atoms with Gasteiger partial charge in [-0.15, -0.1) is 0 Å². The van der Waals surface area contributed by atoms with Crippen LogP contribution in [0.1, 0.15) is 33.6 Å². The van der Waals surface area contributed by atoms with Crippen molar-refractivity contribution in [3.63, 3.8) is 0 Å². The van der Waals surface area contributed by atoms with Crippen LogP contribution in [-0.2, 0) is 14.3 Å². The topological polar surface area (TPSA) is 128 Å². The number of nitro groups is 1. The Morgan fingerprint density at radius 1 is 1.06 bits per heavy atom. The van der Waals surface area contributed by atoms with Gasteiger partial charge in [0.25, 0.3) is 11.6 Å². The van der Waals surface area contributed by atoms with Crippen LogP contribution in [0.5, 0.6) is 0 Å². The van der Waals surface area contributed by atoms with Gasteiger partial charge >= 0.3 is 11.9 Å². The van der Waals surface area contributed by atoms with Gasteiger partial charge in [0.2, 0.25) is 0 Å². The molecule has 2 aromatic carbocycles. The number of hydrogen-bond acceptors (Lipinski definition) is 8. The molecule has 0 unspecified atom stereocenters. The minimum absolute atomic E-state index is 0.0475. The lowest BCUT2D eigenvalue weighted by Crippen LogP contribution is -2.24. The molecule has 0 aromatic heterocycles. The summed E-state index contributed by atoms with van der Waals surface area (Å²) in [6.45, 7) is 0.903. The number of amides is 1. The van der Waals surface area contributed by atoms with Crippen LogP contribution in [0.15, 0.2) is 42.5 Å². The van der Waals surface area contributed by atoms with E-state index >= 15 is 0 Å². The van der Waals surface area contributed by atoms with Crippen molar-refractivity contribution in [1.82, 2.24) is 0 Å². The van der Waals surface area contributed by atoms with Gasteiger partial charge in [0, 0.05) is 30.9 Å². The molecule has 1 aliphatic heterocycles. The summed E-state index contributed by atoms with van der Waals surface area (Å²) in [5.41, 5.74) is 1.09. The summed E-state index contributed by atoms with van der Waals surface area (Å²) in [6, 6.07) is 10.0. The fourth-order valence-corrected chi connectivity index (χ4v) is 3.25. The number of carbonyl (C=O) groups is 3. The lowest BCUT2D eigenvalue weighted by Gasteiger charge is -2.20. The molecule has 1 amide bonds. The molecule has 1 heterocycles. The Morgan fingerprint density at radius 3 is 2.35 bits per heavy atom. The molecule has 0 bridgehead atoms. The first-order chi connectivity index (χ1) is 14.9. The van der Waals surface area contributed by atoms with Gasteiger partial charge in [-0.05, 0) is 43.2 Å². The zero-order valence-electron chi connectivity index (χ0n) is 16.8. The molecule has 3 rings (SSSR count). The van der Waals surface area contributed by atoms with Crippen LogP contribution in [-0.4, -0.2) is 49.6 Å². The van der Waals surface area contributed by atoms with Crippen LogP contribution in [0.4, 0.5) is 17.1 Å². The third-order valence-corrected chi connectivity index (χ3v) is 4.78. The Morgan fingerprint density at radius 2 is 1.74 bits per heavy atom. The third-order valence-electron chi connectivity index (χ3n) is 4.78. The number of benzene rings is 2. The van der Waals surface area contributed by atoms with Crippen molar-refractivity contribution in [2.45, 2.75) is 12.8 Å². The summed E-state index contributed by atoms with van der Waals surface area (Å²) in [4.78, 5) is 48.7. The minimum Gasteiger partial charge on any atom is -0.465 e. The summed E-state index contributed by atoms with van der Waals surface area (Å²) < 4.78 is 9.71. The van der Waals surface area contributed by atoms with E-state index in [1.807, 2.05) is 4.90 Å². The number of ether oxygens (including phenoxy) is 2. The van der Waals surface area contributed by atoms with Crippen molar-refractivity contribution >= 4 is 34.9 Å². The van der Waals surface area contributed by atoms with Gasteiger partial charge in [0.05, 0.1) is 28.8 Å². The highest BCUT2D eigenvalue weighted by Crippen LogP contribution is 2.29. The SMILES string of the molecule is COC(=O)c1ccc(NC(=O)COC(=O)c2cc([N+](=O)[O-])ccc2N2CCCC2)cc1. The van der Waals surface area contributed by atoms with Crippen molar-refractivity contribution in [2.24, 2.45) is 0 Å². The molecular formula is C21H21N3O7. The Balaban J connectivity index is 1.65. The van der Waals surface area contributed by atoms with Crippen LogP contribution < -0.4 is 10.2 Å². The summed E-state index contributed by atoms with van der Waals surface area (Å²) in [5, 5.41) is 13.7. The molecule has 0 radical (unpaired) electrons. The van der Waals surface area contributed by atoms with Crippen LogP contribution in [0.2, 0.25) is 0 Å². The van der Waals surface area contributed by atoms with Crippen molar-refractivity contribution in [3.8, 4) is 0 Å². The maximum absolute atomic E-state index is 12.6. The predicted molar refractivity (Wildman–Crippen MR) is 111 cm³/mol. The summed E-state index contributed by atoms with van der Waals surface area (Å²) >= 11 is 0. The maximum Gasteiger partial charge on any atom is 0.341 e. The molecule has 0 aliphatic carbocycles. The number of methoxy groups -OCH3 is 1. The van der Waals surface area contributed by atoms with Crippen molar-refractivity contribution < 1.29 is 28.8 Å². The molecule has 1 N–H and O–H groups in total. The monoisotopic (exact) mass is 427 g/mol. The Hall–Kier alpha value is -3.95. The first-order valence-corrected chi connectivity index (χ1v) is 9.58. The van der Waals surface area contributed by atoms with E-state index < -0.39 is 29.4 Å². The largest absolute Gasteiger partial charge is 0.465 e. The molecule has 10 nitrogen and oxygen atoms in total. The molecule has 1 fully saturated rings. The van der Waals surface area contributed by atoms with Gasteiger partial charge in [-0.1, -0.05) is 0 Å². The molecule has 1 aliphatic rings. The second kappa shape index (κ2) is 9.70. The van der Waals surface area contributed by atoms with Gasteiger partial charge in [-0.25, -0.2) is 9.59 Å². The number of nitro benzene ring substituents is 1. The van der Waals surface area contributed by atoms with Gasteiger partial charge in [0.1, 0.15) is 0 Å². The van der Waals surface area contributed by atoms with E-state index in [2.05, 4.69) is 10.1 Å². The molecule has 0 saturated carbocycles. The quantitative estimate of drug-likeness (QED) is 0.406. The standard InChI is InChI=1S/C21H21N3O7/c1-30-20(26)14-4-6-15(7-5-14)22-19(25)13-31-21(27)17-12-16(24(28)29)8-9-18(17)23-10-2-3-11-23/h4-9,12H,2-3,10-11,13H2,1H3,(H,22,25). The smallest absolute Gasteiger partial charge is 0.341 e. The lowest BCUT2D eigenvalue weighted by molar-refractivity contribution is -0.384. The van der Waals surface area contributed by atoms with E-state index in [4.69, 9.17) is 4.74 Å². The highest BCUT2D eigenvalue weighted by atomic mass is 16.6. The summed E-state index contributed by atoms with van der Waals surface area (Å²) in [7, 11) is 1.27. The van der Waals surface area contributed by atoms with Crippen molar-refractivity contribution in [3.05, 3.63) is 63.7 Å². The maximum atomic E-state index is 12.6. The molecular weight excluding hydrogens is 406 g/mol. The Labute approximate surface area is 177 Å². The highest BCUT2D eigenvalue weighted by molar-refractivity contribution is 5.99. The number of nitrogens with one attached hydrogen (secondary N) is 1. The van der Waals surface area contributed by atoms with Gasteiger partial charge in [-0.3, -0.25) is 14.9 Å². The van der Waals surface area contributed by atoms with E-state index in [-0.39, 0.29) is 11.3 Å². The van der Waals surface area contributed by atoms with E-state index in [1.165, 1.54) is 49.6 Å². The molecule has 31 heavy (non-hydrogen) atoms. The minimum atomic E-state index is -0.818. The highest BCUT2D eigenvalue weighted by Gasteiger charge is 2.24. The average molecular weight is 427 g/mol. The third kappa shape index (κ3) is 5.35. The molecule has 2 aromatic rings. The van der Waals surface area contributed by atoms with Crippen molar-refractivity contribution in [1.29, 1.82) is 0 Å². The molecule has 0 spiro atoms. The fraction of sp³-hybridized carbons (Fsp3) is 0.286. The molecule has 0 atom stereocenters. The molecule has 1 saturated heterocycles. The van der Waals surface area contributed by atoms with Gasteiger partial charge < -0.3 is 19.7 Å². The number of non-ortho nitro benzene ring substituents is 1. The zero-order valence-corrected chi connectivity index (χ0v) is 16.8. The summed E-state index contributed by atoms with van der Waals surface area (Å²) in [6.07, 6.45) is 1.92. The number of nitrogens with zero attached hydrogens (tertiary/aromatic N) is 2. The van der Waals surface area contributed by atoms with Crippen LogP contribution in [0.25, 0.3) is 0 Å². The van der Waals surface area contributed by atoms with Gasteiger partial charge in [-0.2, -0.15) is 0 Å². The number of esters is 2. The van der Waals surface area contributed by atoms with Crippen LogP contribution in [0.3, 0.4) is 0 Å². The van der Waals surface area contributed by atoms with Gasteiger partial charge in [0.15, 0.2) is 6.61 Å². The fourth-order valence-electron chi connectivity index (χ4n) is 3.25. The van der Waals surface area contributed by atoms with Crippen LogP contribution in [0, 0.1) is 10.1 Å². The van der Waals surface area contributed by atoms with E-state index in [0.29, 0.717) is 16.9 Å². The number of hydrogen-bond donors (Lipinski definition) is 1. The first kappa shape index (κ1) is 21.8. The lowest BCUT2D eigenvalue weighted by atomic mass is 10.1. The van der Waals surface area contributed by atoms with E-state index in [1.54, 1.807) is 0 Å². The number of carbonyl (C=O) groups excluding carboxylic acids is 3. The van der Waals surface area contributed by atoms with Crippen molar-refractivity contribution in [2.75, 3.05) is 37.0 Å².